The highest BCUT2D eigenvalue weighted by Gasteiger charge is 2.21. The molecule has 5 rings (SSSR count). The Hall–Kier alpha value is -3.91. The molecule has 176 valence electrons. The van der Waals surface area contributed by atoms with Gasteiger partial charge in [-0.3, -0.25) is 0 Å². The summed E-state index contributed by atoms with van der Waals surface area (Å²) in [7, 11) is 1.66. The fourth-order valence-corrected chi connectivity index (χ4v) is 4.63. The Morgan fingerprint density at radius 2 is 1.54 bits per heavy atom. The van der Waals surface area contributed by atoms with Crippen molar-refractivity contribution in [3.63, 3.8) is 0 Å². The van der Waals surface area contributed by atoms with E-state index in [1.807, 2.05) is 67.6 Å². The normalized spacial score (nSPS) is 11.9. The van der Waals surface area contributed by atoms with Crippen LogP contribution in [0.2, 0.25) is 0 Å². The van der Waals surface area contributed by atoms with Crippen LogP contribution in [0.15, 0.2) is 94.5 Å². The molecule has 7 nitrogen and oxygen atoms in total. The third kappa shape index (κ3) is 5.27. The molecule has 0 radical (unpaired) electrons. The van der Waals surface area contributed by atoms with E-state index in [0.717, 1.165) is 40.8 Å². The van der Waals surface area contributed by atoms with Gasteiger partial charge in [-0.15, -0.1) is 20.4 Å². The number of hydrogen-bond donors (Lipinski definition) is 0. The Kier molecular flexibility index (Phi) is 6.90. The van der Waals surface area contributed by atoms with Gasteiger partial charge in [0.05, 0.1) is 12.4 Å². The first-order valence-electron chi connectivity index (χ1n) is 11.4. The zero-order valence-corrected chi connectivity index (χ0v) is 20.4. The molecule has 0 fully saturated rings. The highest BCUT2D eigenvalue weighted by molar-refractivity contribution is 7.99. The number of benzene rings is 3. The lowest BCUT2D eigenvalue weighted by Gasteiger charge is -2.12. The SMILES string of the molecule is COc1ccc(-c2nnc(SC(C)c3nnc(-c4ccccc4)o3)n2CCc2ccccc2)cc1. The van der Waals surface area contributed by atoms with Crippen molar-refractivity contribution in [3.05, 3.63) is 96.4 Å². The Labute approximate surface area is 208 Å². The van der Waals surface area contributed by atoms with Gasteiger partial charge in [0.2, 0.25) is 11.8 Å². The molecule has 1 atom stereocenters. The molecule has 0 aliphatic rings. The smallest absolute Gasteiger partial charge is 0.247 e. The van der Waals surface area contributed by atoms with E-state index >= 15 is 0 Å². The third-order valence-corrected chi connectivity index (χ3v) is 6.69. The van der Waals surface area contributed by atoms with Gasteiger partial charge in [-0.25, -0.2) is 0 Å². The number of methoxy groups -OCH3 is 1. The number of aromatic nitrogens is 5. The fraction of sp³-hybridized carbons (Fsp3) is 0.185. The van der Waals surface area contributed by atoms with Gasteiger partial charge in [0.25, 0.3) is 0 Å². The largest absolute Gasteiger partial charge is 0.497 e. The molecule has 3 aromatic carbocycles. The van der Waals surface area contributed by atoms with E-state index in [1.54, 1.807) is 18.9 Å². The topological polar surface area (TPSA) is 78.9 Å². The molecule has 5 aromatic rings. The molecule has 35 heavy (non-hydrogen) atoms. The van der Waals surface area contributed by atoms with Gasteiger partial charge in [0.1, 0.15) is 5.75 Å². The molecule has 0 amide bonds. The molecule has 2 heterocycles. The summed E-state index contributed by atoms with van der Waals surface area (Å²) in [6, 6.07) is 28.1. The average Bonchev–Trinajstić information content (AvgIpc) is 3.56. The van der Waals surface area contributed by atoms with Crippen LogP contribution in [0.3, 0.4) is 0 Å². The third-order valence-electron chi connectivity index (χ3n) is 5.62. The Bertz CT molecular complexity index is 1370. The summed E-state index contributed by atoms with van der Waals surface area (Å²) in [4.78, 5) is 0. The molecule has 0 N–H and O–H groups in total. The van der Waals surface area contributed by atoms with Crippen LogP contribution in [0.5, 0.6) is 5.75 Å². The first kappa shape index (κ1) is 22.9. The van der Waals surface area contributed by atoms with Gasteiger partial charge in [-0.05, 0) is 55.3 Å². The number of aryl methyl sites for hydroxylation is 1. The Morgan fingerprint density at radius 1 is 0.829 bits per heavy atom. The van der Waals surface area contributed by atoms with Crippen LogP contribution in [0.4, 0.5) is 0 Å². The number of rotatable bonds is 9. The molecule has 0 saturated heterocycles. The van der Waals surface area contributed by atoms with Crippen LogP contribution in [-0.2, 0) is 13.0 Å². The zero-order valence-electron chi connectivity index (χ0n) is 19.5. The second kappa shape index (κ2) is 10.6. The minimum Gasteiger partial charge on any atom is -0.497 e. The standard InChI is InChI=1S/C27H25N5O2S/c1-19(25-29-30-26(34-25)22-11-7-4-8-12-22)35-27-31-28-24(21-13-15-23(33-2)16-14-21)32(27)18-17-20-9-5-3-6-10-20/h3-16,19H,17-18H2,1-2H3. The molecule has 2 aromatic heterocycles. The van der Waals surface area contributed by atoms with Gasteiger partial charge in [0, 0.05) is 17.7 Å². The van der Waals surface area contributed by atoms with Crippen molar-refractivity contribution in [3.8, 4) is 28.6 Å². The summed E-state index contributed by atoms with van der Waals surface area (Å²) < 4.78 is 13.4. The van der Waals surface area contributed by atoms with Crippen molar-refractivity contribution in [2.24, 2.45) is 0 Å². The maximum atomic E-state index is 5.98. The summed E-state index contributed by atoms with van der Waals surface area (Å²) in [6.07, 6.45) is 0.864. The molecule has 0 saturated carbocycles. The minimum atomic E-state index is -0.0941. The maximum Gasteiger partial charge on any atom is 0.247 e. The molecule has 0 bridgehead atoms. The zero-order chi connectivity index (χ0) is 24.0. The summed E-state index contributed by atoms with van der Waals surface area (Å²) in [5.74, 6) is 2.68. The van der Waals surface area contributed by atoms with Crippen LogP contribution in [-0.4, -0.2) is 32.1 Å². The van der Waals surface area contributed by atoms with E-state index in [0.29, 0.717) is 11.8 Å². The highest BCUT2D eigenvalue weighted by atomic mass is 32.2. The molecule has 0 aliphatic carbocycles. The van der Waals surface area contributed by atoms with Crippen LogP contribution < -0.4 is 4.74 Å². The number of nitrogens with zero attached hydrogens (tertiary/aromatic N) is 5. The van der Waals surface area contributed by atoms with Crippen molar-refractivity contribution < 1.29 is 9.15 Å². The van der Waals surface area contributed by atoms with Crippen molar-refractivity contribution in [2.75, 3.05) is 7.11 Å². The molecule has 0 aliphatic heterocycles. The van der Waals surface area contributed by atoms with E-state index in [1.165, 1.54) is 5.56 Å². The van der Waals surface area contributed by atoms with Crippen LogP contribution in [0.25, 0.3) is 22.8 Å². The monoisotopic (exact) mass is 483 g/mol. The maximum absolute atomic E-state index is 5.98. The predicted molar refractivity (Wildman–Crippen MR) is 136 cm³/mol. The molecule has 1 unspecified atom stereocenters. The highest BCUT2D eigenvalue weighted by Crippen LogP contribution is 2.36. The summed E-state index contributed by atoms with van der Waals surface area (Å²) in [5.41, 5.74) is 3.14. The van der Waals surface area contributed by atoms with Gasteiger partial charge >= 0.3 is 0 Å². The quantitative estimate of drug-likeness (QED) is 0.234. The minimum absolute atomic E-state index is 0.0941. The van der Waals surface area contributed by atoms with E-state index in [4.69, 9.17) is 9.15 Å². The van der Waals surface area contributed by atoms with E-state index in [-0.39, 0.29) is 5.25 Å². The number of thioether (sulfide) groups is 1. The van der Waals surface area contributed by atoms with Gasteiger partial charge in [0.15, 0.2) is 11.0 Å². The van der Waals surface area contributed by atoms with E-state index in [9.17, 15) is 0 Å². The molecule has 8 heteroatoms. The van der Waals surface area contributed by atoms with Crippen LogP contribution >= 0.6 is 11.8 Å². The molecular formula is C27H25N5O2S. The summed E-state index contributed by atoms with van der Waals surface area (Å²) in [6.45, 7) is 2.78. The number of hydrogen-bond acceptors (Lipinski definition) is 7. The van der Waals surface area contributed by atoms with Crippen molar-refractivity contribution >= 4 is 11.8 Å². The lowest BCUT2D eigenvalue weighted by atomic mass is 10.1. The second-order valence-electron chi connectivity index (χ2n) is 7.99. The first-order chi connectivity index (χ1) is 17.2. The Balaban J connectivity index is 1.41. The van der Waals surface area contributed by atoms with Crippen molar-refractivity contribution in [1.82, 2.24) is 25.0 Å². The van der Waals surface area contributed by atoms with E-state index in [2.05, 4.69) is 49.2 Å². The molecule has 0 spiro atoms. The lowest BCUT2D eigenvalue weighted by molar-refractivity contribution is 0.415. The first-order valence-corrected chi connectivity index (χ1v) is 12.3. The Morgan fingerprint density at radius 3 is 2.26 bits per heavy atom. The number of ether oxygens (including phenoxy) is 1. The fourth-order valence-electron chi connectivity index (χ4n) is 3.72. The van der Waals surface area contributed by atoms with Gasteiger partial charge in [-0.1, -0.05) is 60.3 Å². The van der Waals surface area contributed by atoms with E-state index < -0.39 is 0 Å². The second-order valence-corrected chi connectivity index (χ2v) is 9.30. The lowest BCUT2D eigenvalue weighted by Crippen LogP contribution is -2.06. The van der Waals surface area contributed by atoms with Crippen LogP contribution in [0.1, 0.15) is 23.6 Å². The van der Waals surface area contributed by atoms with Gasteiger partial charge in [-0.2, -0.15) is 0 Å². The predicted octanol–water partition coefficient (Wildman–Crippen LogP) is 6.10. The van der Waals surface area contributed by atoms with Crippen molar-refractivity contribution in [2.45, 2.75) is 30.3 Å². The summed E-state index contributed by atoms with van der Waals surface area (Å²) >= 11 is 1.56. The molecular weight excluding hydrogens is 458 g/mol. The summed E-state index contributed by atoms with van der Waals surface area (Å²) in [5, 5.41) is 18.3. The van der Waals surface area contributed by atoms with Crippen LogP contribution in [0, 0.1) is 0 Å². The van der Waals surface area contributed by atoms with Gasteiger partial charge < -0.3 is 13.7 Å². The van der Waals surface area contributed by atoms with Crippen molar-refractivity contribution in [1.29, 1.82) is 0 Å². The average molecular weight is 484 g/mol.